The van der Waals surface area contributed by atoms with Crippen LogP contribution in [0, 0.1) is 5.92 Å². The molecule has 4 nitrogen and oxygen atoms in total. The van der Waals surface area contributed by atoms with Crippen LogP contribution in [-0.4, -0.2) is 41.7 Å². The lowest BCUT2D eigenvalue weighted by atomic mass is 10.1. The highest BCUT2D eigenvalue weighted by Crippen LogP contribution is 2.29. The zero-order chi connectivity index (χ0) is 13.0. The van der Waals surface area contributed by atoms with Gasteiger partial charge in [0.05, 0.1) is 5.92 Å². The molecule has 2 fully saturated rings. The van der Waals surface area contributed by atoms with Gasteiger partial charge < -0.3 is 10.2 Å². The van der Waals surface area contributed by atoms with Crippen molar-refractivity contribution in [1.29, 1.82) is 0 Å². The molecule has 0 spiro atoms. The molecule has 0 aromatic carbocycles. The van der Waals surface area contributed by atoms with E-state index in [4.69, 9.17) is 11.6 Å². The van der Waals surface area contributed by atoms with Crippen molar-refractivity contribution in [2.24, 2.45) is 5.92 Å². The Labute approximate surface area is 113 Å². The molecule has 1 atom stereocenters. The van der Waals surface area contributed by atoms with Crippen LogP contribution in [0.15, 0.2) is 0 Å². The summed E-state index contributed by atoms with van der Waals surface area (Å²) >= 11 is 5.56. The molecular formula is C13H21ClN2O2. The van der Waals surface area contributed by atoms with Gasteiger partial charge in [-0.25, -0.2) is 0 Å². The molecule has 2 rings (SSSR count). The summed E-state index contributed by atoms with van der Waals surface area (Å²) < 4.78 is 0. The van der Waals surface area contributed by atoms with E-state index in [2.05, 4.69) is 5.32 Å². The molecular weight excluding hydrogens is 252 g/mol. The molecule has 1 aliphatic carbocycles. The van der Waals surface area contributed by atoms with Crippen molar-refractivity contribution in [2.75, 3.05) is 19.0 Å². The third-order valence-electron chi connectivity index (χ3n) is 3.90. The lowest BCUT2D eigenvalue weighted by Gasteiger charge is -2.23. The second-order valence-corrected chi connectivity index (χ2v) is 5.60. The number of carbonyl (C=O) groups excluding carboxylic acids is 2. The third kappa shape index (κ3) is 3.16. The van der Waals surface area contributed by atoms with Gasteiger partial charge in [-0.3, -0.25) is 9.59 Å². The minimum atomic E-state index is -0.159. The first-order valence-corrected chi connectivity index (χ1v) is 7.39. The number of hydrogen-bond acceptors (Lipinski definition) is 2. The van der Waals surface area contributed by atoms with Crippen molar-refractivity contribution in [1.82, 2.24) is 10.2 Å². The summed E-state index contributed by atoms with van der Waals surface area (Å²) in [5.41, 5.74) is 0. The average Bonchev–Trinajstić information content (AvgIpc) is 2.97. The van der Waals surface area contributed by atoms with Crippen LogP contribution >= 0.6 is 11.6 Å². The van der Waals surface area contributed by atoms with Crippen LogP contribution in [-0.2, 0) is 9.59 Å². The number of alkyl halides is 1. The molecule has 1 saturated heterocycles. The van der Waals surface area contributed by atoms with Crippen LogP contribution in [0.1, 0.15) is 38.5 Å². The smallest absolute Gasteiger partial charge is 0.225 e. The first-order chi connectivity index (χ1) is 8.72. The summed E-state index contributed by atoms with van der Waals surface area (Å²) in [6.07, 6.45) is 5.78. The fourth-order valence-electron chi connectivity index (χ4n) is 2.90. The Morgan fingerprint density at radius 1 is 1.39 bits per heavy atom. The number of amides is 2. The number of nitrogens with one attached hydrogen (secondary N) is 1. The fraction of sp³-hybridized carbons (Fsp3) is 0.846. The Bertz CT molecular complexity index is 316. The number of halogens is 1. The quantitative estimate of drug-likeness (QED) is 0.609. The molecule has 1 heterocycles. The third-order valence-corrected chi connectivity index (χ3v) is 4.17. The number of likely N-dealkylation sites (tertiary alicyclic amines) is 1. The van der Waals surface area contributed by atoms with Gasteiger partial charge in [0.2, 0.25) is 11.8 Å². The molecule has 1 saturated carbocycles. The summed E-state index contributed by atoms with van der Waals surface area (Å²) in [6.45, 7) is 1.21. The molecule has 1 aliphatic heterocycles. The number of rotatable bonds is 5. The lowest BCUT2D eigenvalue weighted by molar-refractivity contribution is -0.130. The van der Waals surface area contributed by atoms with Crippen LogP contribution < -0.4 is 5.32 Å². The van der Waals surface area contributed by atoms with E-state index < -0.39 is 0 Å². The average molecular weight is 273 g/mol. The second kappa shape index (κ2) is 6.41. The van der Waals surface area contributed by atoms with Crippen LogP contribution in [0.4, 0.5) is 0 Å². The topological polar surface area (TPSA) is 49.4 Å². The van der Waals surface area contributed by atoms with Gasteiger partial charge in [-0.1, -0.05) is 12.8 Å². The maximum absolute atomic E-state index is 11.9. The van der Waals surface area contributed by atoms with Crippen molar-refractivity contribution in [3.05, 3.63) is 0 Å². The normalized spacial score (nSPS) is 24.8. The van der Waals surface area contributed by atoms with Crippen molar-refractivity contribution >= 4 is 23.4 Å². The largest absolute Gasteiger partial charge is 0.356 e. The van der Waals surface area contributed by atoms with E-state index in [1.807, 2.05) is 4.90 Å². The first kappa shape index (κ1) is 13.7. The zero-order valence-electron chi connectivity index (χ0n) is 10.7. The Balaban J connectivity index is 1.81. The van der Waals surface area contributed by atoms with E-state index in [1.165, 1.54) is 12.8 Å². The molecule has 0 unspecified atom stereocenters. The van der Waals surface area contributed by atoms with Crippen molar-refractivity contribution in [2.45, 2.75) is 44.6 Å². The summed E-state index contributed by atoms with van der Waals surface area (Å²) in [5.74, 6) is 0.555. The summed E-state index contributed by atoms with van der Waals surface area (Å²) in [4.78, 5) is 25.8. The number of nitrogens with zero attached hydrogens (tertiary/aromatic N) is 1. The predicted octanol–water partition coefficient (Wildman–Crippen LogP) is 1.52. The standard InChI is InChI=1S/C13H21ClN2O2/c14-6-3-7-15-13(18)10-8-12(17)16(9-10)11-4-1-2-5-11/h10-11H,1-9H2,(H,15,18)/t10-/m0/s1. The van der Waals surface area contributed by atoms with Gasteiger partial charge in [0.1, 0.15) is 0 Å². The number of hydrogen-bond donors (Lipinski definition) is 1. The van der Waals surface area contributed by atoms with Crippen molar-refractivity contribution in [3.63, 3.8) is 0 Å². The molecule has 102 valence electrons. The van der Waals surface area contributed by atoms with Crippen molar-refractivity contribution < 1.29 is 9.59 Å². The Morgan fingerprint density at radius 3 is 2.78 bits per heavy atom. The highest BCUT2D eigenvalue weighted by Gasteiger charge is 2.38. The SMILES string of the molecule is O=C(NCCCCl)[C@H]1CC(=O)N(C2CCCC2)C1. The molecule has 0 bridgehead atoms. The molecule has 0 aromatic rings. The maximum Gasteiger partial charge on any atom is 0.225 e. The maximum atomic E-state index is 11.9. The molecule has 2 aliphatic rings. The summed E-state index contributed by atoms with van der Waals surface area (Å²) in [5, 5.41) is 2.85. The van der Waals surface area contributed by atoms with Gasteiger partial charge in [0.15, 0.2) is 0 Å². The van der Waals surface area contributed by atoms with Crippen LogP contribution in [0.3, 0.4) is 0 Å². The van der Waals surface area contributed by atoms with E-state index in [0.29, 0.717) is 31.4 Å². The van der Waals surface area contributed by atoms with E-state index >= 15 is 0 Å². The minimum absolute atomic E-state index is 0.00830. The van der Waals surface area contributed by atoms with Gasteiger partial charge in [-0.15, -0.1) is 11.6 Å². The Kier molecular flexibility index (Phi) is 4.87. The Morgan fingerprint density at radius 2 is 2.11 bits per heavy atom. The van der Waals surface area contributed by atoms with Gasteiger partial charge >= 0.3 is 0 Å². The summed E-state index contributed by atoms with van der Waals surface area (Å²) in [7, 11) is 0. The predicted molar refractivity (Wildman–Crippen MR) is 70.4 cm³/mol. The lowest BCUT2D eigenvalue weighted by Crippen LogP contribution is -2.37. The zero-order valence-corrected chi connectivity index (χ0v) is 11.4. The van der Waals surface area contributed by atoms with Gasteiger partial charge in [-0.2, -0.15) is 0 Å². The fourth-order valence-corrected chi connectivity index (χ4v) is 3.03. The molecule has 1 N–H and O–H groups in total. The molecule has 18 heavy (non-hydrogen) atoms. The van der Waals surface area contributed by atoms with E-state index in [1.54, 1.807) is 0 Å². The Hall–Kier alpha value is -0.770. The molecule has 5 heteroatoms. The highest BCUT2D eigenvalue weighted by atomic mass is 35.5. The summed E-state index contributed by atoms with van der Waals surface area (Å²) in [6, 6.07) is 0.387. The van der Waals surface area contributed by atoms with E-state index in [9.17, 15) is 9.59 Å². The first-order valence-electron chi connectivity index (χ1n) is 6.85. The van der Waals surface area contributed by atoms with Crippen LogP contribution in [0.25, 0.3) is 0 Å². The van der Waals surface area contributed by atoms with Crippen LogP contribution in [0.2, 0.25) is 0 Å². The van der Waals surface area contributed by atoms with Gasteiger partial charge in [0.25, 0.3) is 0 Å². The molecule has 0 aromatic heterocycles. The minimum Gasteiger partial charge on any atom is -0.356 e. The van der Waals surface area contributed by atoms with Gasteiger partial charge in [-0.05, 0) is 19.3 Å². The van der Waals surface area contributed by atoms with Gasteiger partial charge in [0, 0.05) is 31.4 Å². The highest BCUT2D eigenvalue weighted by molar-refractivity contribution is 6.17. The van der Waals surface area contributed by atoms with Crippen molar-refractivity contribution in [3.8, 4) is 0 Å². The molecule has 2 amide bonds. The monoisotopic (exact) mass is 272 g/mol. The van der Waals surface area contributed by atoms with Crippen LogP contribution in [0.5, 0.6) is 0 Å². The van der Waals surface area contributed by atoms with E-state index in [-0.39, 0.29) is 17.7 Å². The van der Waals surface area contributed by atoms with E-state index in [0.717, 1.165) is 19.3 Å². The second-order valence-electron chi connectivity index (χ2n) is 5.22. The number of carbonyl (C=O) groups is 2. The molecule has 0 radical (unpaired) electrons.